The van der Waals surface area contributed by atoms with Crippen molar-refractivity contribution in [2.75, 3.05) is 19.8 Å². The lowest BCUT2D eigenvalue weighted by Gasteiger charge is -2.72. The molecule has 10 aliphatic rings. The lowest BCUT2D eigenvalue weighted by atomic mass is 9.33. The summed E-state index contributed by atoms with van der Waals surface area (Å²) in [5.41, 5.74) is -4.01. The Morgan fingerprint density at radius 3 is 1.74 bits per heavy atom. The molecule has 0 aromatic carbocycles. The van der Waals surface area contributed by atoms with Crippen LogP contribution in [0, 0.1) is 50.2 Å². The molecule has 0 aromatic heterocycles. The zero-order valence-corrected chi connectivity index (χ0v) is 50.3. The number of allylic oxidation sites excluding steroid dienone is 2. The Morgan fingerprint density at radius 2 is 1.10 bits per heavy atom. The van der Waals surface area contributed by atoms with Crippen molar-refractivity contribution >= 4 is 5.97 Å². The van der Waals surface area contributed by atoms with Crippen molar-refractivity contribution in [3.63, 3.8) is 0 Å². The topological polar surface area (TPSA) is 433 Å². The summed E-state index contributed by atoms with van der Waals surface area (Å²) < 4.78 is 59.4. The lowest BCUT2D eigenvalue weighted by Crippen LogP contribution is -2.70. The Labute approximate surface area is 499 Å². The van der Waals surface area contributed by atoms with Crippen LogP contribution >= 0.6 is 0 Å². The van der Waals surface area contributed by atoms with Crippen LogP contribution in [0.5, 0.6) is 0 Å². The molecule has 5 aliphatic heterocycles. The van der Waals surface area contributed by atoms with E-state index in [4.69, 9.17) is 47.4 Å². The Morgan fingerprint density at radius 1 is 0.547 bits per heavy atom. The van der Waals surface area contributed by atoms with Gasteiger partial charge < -0.3 is 129 Å². The number of hydrogen-bond acceptors (Lipinski definition) is 27. The van der Waals surface area contributed by atoms with Gasteiger partial charge in [0.25, 0.3) is 0 Å². The van der Waals surface area contributed by atoms with Gasteiger partial charge >= 0.3 is 5.97 Å². The Balaban J connectivity index is 0.865. The van der Waals surface area contributed by atoms with Gasteiger partial charge in [-0.05, 0) is 112 Å². The van der Waals surface area contributed by atoms with Crippen molar-refractivity contribution in [3.05, 3.63) is 11.6 Å². The first-order valence-electron chi connectivity index (χ1n) is 30.7. The van der Waals surface area contributed by atoms with Crippen molar-refractivity contribution in [1.82, 2.24) is 0 Å². The Kier molecular flexibility index (Phi) is 18.9. The molecule has 16 N–H and O–H groups in total. The van der Waals surface area contributed by atoms with E-state index in [2.05, 4.69) is 40.7 Å². The number of fused-ring (bicyclic) bond motifs is 7. The zero-order valence-electron chi connectivity index (χ0n) is 50.3. The van der Waals surface area contributed by atoms with Gasteiger partial charge in [-0.1, -0.05) is 53.2 Å². The molecule has 0 amide bonds. The van der Waals surface area contributed by atoms with E-state index in [1.54, 1.807) is 0 Å². The molecule has 0 radical (unpaired) electrons. The second-order valence-electron chi connectivity index (χ2n) is 28.7. The quantitative estimate of drug-likeness (QED) is 0.0510. The van der Waals surface area contributed by atoms with E-state index in [9.17, 15) is 81.7 Å². The normalized spacial score (nSPS) is 56.5. The molecule has 10 rings (SSSR count). The maximum Gasteiger partial charge on any atom is 0.317 e. The Hall–Kier alpha value is -1.79. The number of ether oxygens (including phenoxy) is 10. The molecule has 0 unspecified atom stereocenters. The minimum atomic E-state index is -1.99. The highest BCUT2D eigenvalue weighted by Crippen LogP contribution is 2.76. The van der Waals surface area contributed by atoms with Crippen molar-refractivity contribution in [2.45, 2.75) is 279 Å². The first kappa shape index (κ1) is 67.1. The lowest BCUT2D eigenvalue weighted by molar-refractivity contribution is -0.380. The second kappa shape index (κ2) is 24.3. The molecule has 4 saturated carbocycles. The molecule has 5 aliphatic carbocycles. The number of aliphatic hydroxyl groups excluding tert-OH is 16. The summed E-state index contributed by atoms with van der Waals surface area (Å²) in [5, 5.41) is 178. The molecular weight excluding hydrogens is 1140 g/mol. The standard InChI is InChI=1S/C59H96O27/c1-22-33(65)36(68)40(72)49(78-22)83-45-28(63)20-77-48(43(45)75)82-44-24(3)80-50(42(74)39(44)71)84-46-38(70)34(66)23(2)79-52(46)86-53(76)59-15-14-54(4,5)16-26(59)25-10-11-31-55(6)17-27(62)47(85-51-41(73)37(69)35(67)29(19-60)81-51)56(7,21-61)30(55)12-13-57(31,8)58(25,9)18-32(59)64/h10,22-24,26-52,60-75H,11-21H2,1-9H3/t22-,23+,24-,26-,27-,28+,29+,30+,31+,32+,33-,34-,35+,36+,37-,38-,39-,40+,41+,42+,43+,44-,45-,46+,47-,48-,49-,50-,51-,52-,55-,56-,57+,58+,59+/m0/s1. The molecule has 27 nitrogen and oxygen atoms in total. The zero-order chi connectivity index (χ0) is 63.0. The van der Waals surface area contributed by atoms with Crippen LogP contribution in [-0.4, -0.2) is 273 Å². The summed E-state index contributed by atoms with van der Waals surface area (Å²) in [6.07, 6.45) is -36.8. The van der Waals surface area contributed by atoms with Gasteiger partial charge in [-0.2, -0.15) is 0 Å². The molecule has 86 heavy (non-hydrogen) atoms. The van der Waals surface area contributed by atoms with Crippen LogP contribution in [0.1, 0.15) is 114 Å². The molecule has 0 spiro atoms. The van der Waals surface area contributed by atoms with Gasteiger partial charge in [-0.15, -0.1) is 0 Å². The van der Waals surface area contributed by atoms with Crippen LogP contribution in [0.15, 0.2) is 11.6 Å². The summed E-state index contributed by atoms with van der Waals surface area (Å²) in [6, 6.07) is 0. The van der Waals surface area contributed by atoms with Gasteiger partial charge in [0.15, 0.2) is 31.3 Å². The number of hydrogen-bond donors (Lipinski definition) is 16. The van der Waals surface area contributed by atoms with E-state index in [1.165, 1.54) is 20.8 Å². The Bertz CT molecular complexity index is 2420. The molecule has 494 valence electrons. The van der Waals surface area contributed by atoms with Gasteiger partial charge in [0.2, 0.25) is 6.29 Å². The summed E-state index contributed by atoms with van der Waals surface area (Å²) in [4.78, 5) is 15.6. The van der Waals surface area contributed by atoms with Crippen LogP contribution in [0.4, 0.5) is 0 Å². The highest BCUT2D eigenvalue weighted by molar-refractivity contribution is 5.80. The second-order valence-corrected chi connectivity index (χ2v) is 28.7. The van der Waals surface area contributed by atoms with E-state index in [-0.39, 0.29) is 36.5 Å². The van der Waals surface area contributed by atoms with Crippen LogP contribution in [0.3, 0.4) is 0 Å². The van der Waals surface area contributed by atoms with Gasteiger partial charge in [-0.3, -0.25) is 4.79 Å². The molecule has 9 fully saturated rings. The van der Waals surface area contributed by atoms with Gasteiger partial charge in [-0.25, -0.2) is 0 Å². The third kappa shape index (κ3) is 10.8. The summed E-state index contributed by atoms with van der Waals surface area (Å²) >= 11 is 0. The number of aliphatic hydroxyl groups is 16. The predicted octanol–water partition coefficient (Wildman–Crippen LogP) is -3.58. The molecule has 27 heteroatoms. The predicted molar refractivity (Wildman–Crippen MR) is 289 cm³/mol. The molecule has 5 heterocycles. The van der Waals surface area contributed by atoms with Crippen molar-refractivity contribution < 1.29 is 134 Å². The van der Waals surface area contributed by atoms with Gasteiger partial charge in [0.05, 0.1) is 56.4 Å². The average Bonchev–Trinajstić information content (AvgIpc) is 0.673. The van der Waals surface area contributed by atoms with Crippen LogP contribution in [0.2, 0.25) is 0 Å². The highest BCUT2D eigenvalue weighted by atomic mass is 16.8. The molecule has 0 bridgehead atoms. The first-order chi connectivity index (χ1) is 40.2. The van der Waals surface area contributed by atoms with Crippen LogP contribution in [-0.2, 0) is 52.2 Å². The molecular formula is C59H96O27. The monoisotopic (exact) mass is 1240 g/mol. The maximum atomic E-state index is 15.6. The van der Waals surface area contributed by atoms with E-state index in [0.29, 0.717) is 32.1 Å². The van der Waals surface area contributed by atoms with Crippen LogP contribution in [0.25, 0.3) is 0 Å². The van der Waals surface area contributed by atoms with E-state index in [0.717, 1.165) is 5.57 Å². The maximum absolute atomic E-state index is 15.6. The number of esters is 1. The third-order valence-corrected chi connectivity index (χ3v) is 23.1. The summed E-state index contributed by atoms with van der Waals surface area (Å²) in [7, 11) is 0. The van der Waals surface area contributed by atoms with Crippen molar-refractivity contribution in [3.8, 4) is 0 Å². The fraction of sp³-hybridized carbons (Fsp3) is 0.949. The summed E-state index contributed by atoms with van der Waals surface area (Å²) in [5.74, 6) is -1.85. The fourth-order valence-electron chi connectivity index (χ4n) is 17.8. The van der Waals surface area contributed by atoms with Gasteiger partial charge in [0.1, 0.15) is 97.0 Å². The van der Waals surface area contributed by atoms with Crippen LogP contribution < -0.4 is 0 Å². The van der Waals surface area contributed by atoms with Gasteiger partial charge in [0, 0.05) is 5.41 Å². The van der Waals surface area contributed by atoms with E-state index in [1.807, 2.05) is 6.92 Å². The number of carbonyl (C=O) groups is 1. The van der Waals surface area contributed by atoms with Crippen molar-refractivity contribution in [1.29, 1.82) is 0 Å². The first-order valence-corrected chi connectivity index (χ1v) is 30.7. The molecule has 0 aromatic rings. The highest BCUT2D eigenvalue weighted by Gasteiger charge is 2.73. The fourth-order valence-corrected chi connectivity index (χ4v) is 17.8. The minimum Gasteiger partial charge on any atom is -0.432 e. The average molecular weight is 1240 g/mol. The van der Waals surface area contributed by atoms with E-state index >= 15 is 4.79 Å². The largest absolute Gasteiger partial charge is 0.432 e. The third-order valence-electron chi connectivity index (χ3n) is 23.1. The number of carbonyl (C=O) groups excluding carboxylic acids is 1. The van der Waals surface area contributed by atoms with Crippen molar-refractivity contribution in [2.24, 2.45) is 50.2 Å². The smallest absolute Gasteiger partial charge is 0.317 e. The molecule has 35 atom stereocenters. The summed E-state index contributed by atoms with van der Waals surface area (Å²) in [6.45, 7) is 15.2. The minimum absolute atomic E-state index is 0.120. The molecule has 5 saturated heterocycles. The van der Waals surface area contributed by atoms with E-state index < -0.39 is 225 Å². The number of rotatable bonds is 12. The SMILES string of the molecule is C[C@@H]1O[C@@H](O[C@@H]2[C@@H](O)[C@H](O[C@@H]3[C@@H](O)[C@@H](O)[C@H](O[C@H]4[C@H](OC(=O)[C@]56CCC(C)(C)C[C@H]5C5=CC[C@@H]7[C@@]8(C)C[C@H](O)[C@H](O[C@@H]9O[C@H](CO)[C@@H](O)[C@H](O)[C@H]9O)[C@@](C)(CO)[C@@H]8CC[C@@]7(C)[C@]5(C)C[C@H]6O)O[C@H](C)[C@H](O)[C@@H]4O)O[C@H]3C)OC[C@H]2O)[C@H](O)[C@H](O)[C@H]1O.